The molecule has 1 aliphatic carbocycles. The lowest BCUT2D eigenvalue weighted by atomic mass is 9.81. The monoisotopic (exact) mass is 419 g/mol. The Bertz CT molecular complexity index is 946. The van der Waals surface area contributed by atoms with Crippen LogP contribution in [0.25, 0.3) is 10.6 Å². The summed E-state index contributed by atoms with van der Waals surface area (Å²) in [4.78, 5) is 31.8. The van der Waals surface area contributed by atoms with Crippen LogP contribution in [0.4, 0.5) is 8.78 Å². The van der Waals surface area contributed by atoms with Crippen molar-refractivity contribution in [3.63, 3.8) is 0 Å². The third-order valence-corrected chi connectivity index (χ3v) is 7.41. The number of halogens is 2. The summed E-state index contributed by atoms with van der Waals surface area (Å²) in [5.74, 6) is -1.50. The number of ketones is 2. The van der Waals surface area contributed by atoms with Gasteiger partial charge in [-0.3, -0.25) is 9.59 Å². The normalized spacial score (nSPS) is 30.4. The number of aromatic nitrogens is 1. The Labute approximate surface area is 170 Å². The van der Waals surface area contributed by atoms with E-state index in [-0.39, 0.29) is 41.4 Å². The predicted octanol–water partition coefficient (Wildman–Crippen LogP) is 4.00. The average molecular weight is 419 g/mol. The molecule has 1 saturated carbocycles. The van der Waals surface area contributed by atoms with Crippen molar-refractivity contribution in [2.24, 2.45) is 11.8 Å². The van der Waals surface area contributed by atoms with E-state index in [9.17, 15) is 18.4 Å². The lowest BCUT2D eigenvalue weighted by Crippen LogP contribution is -2.29. The van der Waals surface area contributed by atoms with Crippen molar-refractivity contribution < 1.29 is 27.8 Å². The summed E-state index contributed by atoms with van der Waals surface area (Å²) in [6.45, 7) is -0.908. The first kappa shape index (κ1) is 18.8. The second kappa shape index (κ2) is 6.95. The number of hydrogen-bond donors (Lipinski definition) is 0. The fourth-order valence-corrected chi connectivity index (χ4v) is 5.98. The van der Waals surface area contributed by atoms with Crippen LogP contribution in [-0.2, 0) is 20.7 Å². The number of benzene rings is 1. The number of ether oxygens (including phenoxy) is 2. The van der Waals surface area contributed by atoms with E-state index in [2.05, 4.69) is 9.72 Å². The molecule has 1 aromatic carbocycles. The molecule has 0 spiro atoms. The van der Waals surface area contributed by atoms with Gasteiger partial charge in [0, 0.05) is 10.4 Å². The number of hydrogen-bond acceptors (Lipinski definition) is 6. The van der Waals surface area contributed by atoms with Gasteiger partial charge in [-0.05, 0) is 43.5 Å². The van der Waals surface area contributed by atoms with Gasteiger partial charge in [0.2, 0.25) is 0 Å². The highest BCUT2D eigenvalue weighted by Gasteiger charge is 2.63. The number of fused-ring (bicyclic) bond motifs is 5. The maximum Gasteiger partial charge on any atom is 0.387 e. The molecule has 5 nitrogen and oxygen atoms in total. The van der Waals surface area contributed by atoms with Crippen molar-refractivity contribution in [3.8, 4) is 16.3 Å². The van der Waals surface area contributed by atoms with E-state index in [4.69, 9.17) is 4.74 Å². The minimum atomic E-state index is -2.88. The van der Waals surface area contributed by atoms with Crippen molar-refractivity contribution in [2.75, 3.05) is 0 Å². The smallest absolute Gasteiger partial charge is 0.387 e. The summed E-state index contributed by atoms with van der Waals surface area (Å²) < 4.78 is 34.9. The summed E-state index contributed by atoms with van der Waals surface area (Å²) in [6, 6.07) is 6.22. The SMILES string of the molecule is CCc1sc(-c2ccc(OC(F)F)cc2)nc1C1C(=O)[C@@H]2[C@H](C1=O)[C@H]1CC[C@@H]2O1. The molecule has 3 fully saturated rings. The zero-order valence-corrected chi connectivity index (χ0v) is 16.5. The molecule has 2 bridgehead atoms. The Balaban J connectivity index is 1.47. The van der Waals surface area contributed by atoms with Gasteiger partial charge in [0.25, 0.3) is 0 Å². The summed E-state index contributed by atoms with van der Waals surface area (Å²) >= 11 is 1.43. The van der Waals surface area contributed by atoms with Crippen LogP contribution in [0, 0.1) is 11.8 Å². The molecular weight excluding hydrogens is 400 g/mol. The van der Waals surface area contributed by atoms with Crippen LogP contribution in [-0.4, -0.2) is 35.4 Å². The number of aryl methyl sites for hydroxylation is 1. The van der Waals surface area contributed by atoms with E-state index in [0.29, 0.717) is 17.1 Å². The van der Waals surface area contributed by atoms with Crippen molar-refractivity contribution in [1.29, 1.82) is 0 Å². The molecule has 5 rings (SSSR count). The van der Waals surface area contributed by atoms with Gasteiger partial charge in [-0.25, -0.2) is 4.98 Å². The van der Waals surface area contributed by atoms with Crippen molar-refractivity contribution in [3.05, 3.63) is 34.8 Å². The summed E-state index contributed by atoms with van der Waals surface area (Å²) in [6.07, 6.45) is 2.09. The standard InChI is InChI=1S/C21H19F2NO4S/c1-2-13-17(16-18(25)14-11-7-8-12(28-11)15(14)19(16)26)24-20(29-13)9-3-5-10(6-4-9)27-21(22)23/h3-6,11-12,14-16,21H,2,7-8H2,1H3/t11-,12+,14-,15+,16?. The van der Waals surface area contributed by atoms with Crippen LogP contribution in [0.15, 0.2) is 24.3 Å². The molecule has 3 heterocycles. The zero-order chi connectivity index (χ0) is 20.3. The number of alkyl halides is 2. The highest BCUT2D eigenvalue weighted by atomic mass is 32.1. The summed E-state index contributed by atoms with van der Waals surface area (Å²) in [5, 5.41) is 0.664. The maximum atomic E-state index is 13.1. The highest BCUT2D eigenvalue weighted by molar-refractivity contribution is 7.15. The molecular formula is C21H19F2NO4S. The van der Waals surface area contributed by atoms with Crippen LogP contribution >= 0.6 is 11.3 Å². The molecule has 1 unspecified atom stereocenters. The minimum absolute atomic E-state index is 0.0561. The third-order valence-electron chi connectivity index (χ3n) is 6.15. The fourth-order valence-electron chi connectivity index (χ4n) is 4.94. The number of nitrogens with zero attached hydrogens (tertiary/aromatic N) is 1. The van der Waals surface area contributed by atoms with Gasteiger partial charge in [-0.1, -0.05) is 6.92 Å². The lowest BCUT2D eigenvalue weighted by Gasteiger charge is -2.16. The van der Waals surface area contributed by atoms with E-state index in [1.165, 1.54) is 23.5 Å². The first-order valence-corrected chi connectivity index (χ1v) is 10.6. The Morgan fingerprint density at radius 3 is 2.31 bits per heavy atom. The first-order valence-electron chi connectivity index (χ1n) is 9.75. The molecule has 0 radical (unpaired) electrons. The van der Waals surface area contributed by atoms with Crippen LogP contribution in [0.2, 0.25) is 0 Å². The number of Topliss-reactive ketones (excluding diaryl/α,β-unsaturated/α-hetero) is 2. The molecule has 0 amide bonds. The largest absolute Gasteiger partial charge is 0.435 e. The molecule has 2 saturated heterocycles. The van der Waals surface area contributed by atoms with E-state index in [0.717, 1.165) is 23.3 Å². The molecule has 5 atom stereocenters. The Morgan fingerprint density at radius 1 is 1.14 bits per heavy atom. The van der Waals surface area contributed by atoms with Gasteiger partial charge in [-0.15, -0.1) is 11.3 Å². The molecule has 8 heteroatoms. The fraction of sp³-hybridized carbons (Fsp3) is 0.476. The predicted molar refractivity (Wildman–Crippen MR) is 101 cm³/mol. The van der Waals surface area contributed by atoms with Crippen molar-refractivity contribution in [2.45, 2.75) is 50.9 Å². The van der Waals surface area contributed by atoms with E-state index < -0.39 is 12.5 Å². The van der Waals surface area contributed by atoms with E-state index >= 15 is 0 Å². The van der Waals surface area contributed by atoms with Crippen LogP contribution < -0.4 is 4.74 Å². The van der Waals surface area contributed by atoms with E-state index in [1.807, 2.05) is 6.92 Å². The Kier molecular flexibility index (Phi) is 4.51. The van der Waals surface area contributed by atoms with Gasteiger partial charge >= 0.3 is 6.61 Å². The first-order chi connectivity index (χ1) is 14.0. The van der Waals surface area contributed by atoms with Crippen molar-refractivity contribution in [1.82, 2.24) is 4.98 Å². The summed E-state index contributed by atoms with van der Waals surface area (Å²) in [7, 11) is 0. The van der Waals surface area contributed by atoms with Gasteiger partial charge in [0.05, 0.1) is 29.7 Å². The van der Waals surface area contributed by atoms with Crippen LogP contribution in [0.3, 0.4) is 0 Å². The van der Waals surface area contributed by atoms with Crippen LogP contribution in [0.1, 0.15) is 36.3 Å². The maximum absolute atomic E-state index is 13.1. The van der Waals surface area contributed by atoms with Gasteiger partial charge in [0.1, 0.15) is 16.7 Å². The third kappa shape index (κ3) is 2.92. The number of rotatable bonds is 5. The van der Waals surface area contributed by atoms with Gasteiger partial charge in [-0.2, -0.15) is 8.78 Å². The molecule has 0 N–H and O–H groups in total. The van der Waals surface area contributed by atoms with E-state index in [1.54, 1.807) is 12.1 Å². The quantitative estimate of drug-likeness (QED) is 0.686. The molecule has 3 aliphatic rings. The molecule has 2 aromatic rings. The zero-order valence-electron chi connectivity index (χ0n) is 15.6. The topological polar surface area (TPSA) is 65.5 Å². The average Bonchev–Trinajstić information content (AvgIpc) is 3.45. The number of thiazole rings is 1. The van der Waals surface area contributed by atoms with Gasteiger partial charge < -0.3 is 9.47 Å². The molecule has 152 valence electrons. The lowest BCUT2D eigenvalue weighted by molar-refractivity contribution is -0.127. The molecule has 1 aromatic heterocycles. The molecule has 29 heavy (non-hydrogen) atoms. The van der Waals surface area contributed by atoms with Crippen molar-refractivity contribution >= 4 is 22.9 Å². The molecule has 2 aliphatic heterocycles. The Hall–Kier alpha value is -2.19. The number of carbonyl (C=O) groups is 2. The van der Waals surface area contributed by atoms with Gasteiger partial charge in [0.15, 0.2) is 11.6 Å². The second-order valence-corrected chi connectivity index (χ2v) is 8.75. The highest BCUT2D eigenvalue weighted by Crippen LogP contribution is 2.53. The Morgan fingerprint density at radius 2 is 1.76 bits per heavy atom. The summed E-state index contributed by atoms with van der Waals surface area (Å²) in [5.41, 5.74) is 1.29. The second-order valence-electron chi connectivity index (χ2n) is 7.66. The minimum Gasteiger partial charge on any atom is -0.435 e. The van der Waals surface area contributed by atoms with Crippen LogP contribution in [0.5, 0.6) is 5.75 Å². The number of carbonyl (C=O) groups excluding carboxylic acids is 2.